The van der Waals surface area contributed by atoms with Crippen molar-refractivity contribution in [2.75, 3.05) is 64.2 Å². The van der Waals surface area contributed by atoms with E-state index in [0.717, 1.165) is 42.9 Å². The molecule has 4 aliphatic rings. The minimum atomic E-state index is -1.45. The van der Waals surface area contributed by atoms with Crippen molar-refractivity contribution in [3.8, 4) is 22.5 Å². The fraction of sp³-hybridized carbons (Fsp3) is 0.583. The third-order valence-corrected chi connectivity index (χ3v) is 13.7. The SMILES string of the molecule is CN(C)C1CCC(N)CC1.CN(C)C1CCC(NC(=O)C(O)C2CCN(c3nncc(-c4ccc(F)cc4)n3)CC2)CC1.O=C([O-])C(O)C1CCN(c2nncc(-c3ccc(F)cc3)n2)CC1.[Na+]. The van der Waals surface area contributed by atoms with E-state index in [1.165, 1.54) is 56.1 Å². The molecule has 4 aromatic rings. The van der Waals surface area contributed by atoms with Crippen LogP contribution >= 0.6 is 0 Å². The van der Waals surface area contributed by atoms with Crippen LogP contribution in [0.5, 0.6) is 0 Å². The van der Waals surface area contributed by atoms with Crippen molar-refractivity contribution in [3.63, 3.8) is 0 Å². The Labute approximate surface area is 420 Å². The van der Waals surface area contributed by atoms with E-state index >= 15 is 0 Å². The maximum atomic E-state index is 13.2. The van der Waals surface area contributed by atoms with E-state index in [1.807, 2.05) is 9.80 Å². The number of anilines is 2. The Morgan fingerprint density at radius 1 is 0.647 bits per heavy atom. The van der Waals surface area contributed by atoms with Crippen LogP contribution in [0.15, 0.2) is 60.9 Å². The number of hydrogen-bond acceptors (Lipinski definition) is 16. The molecule has 2 unspecified atom stereocenters. The first-order valence-corrected chi connectivity index (χ1v) is 23.5. The van der Waals surface area contributed by atoms with Crippen LogP contribution in [0.25, 0.3) is 22.5 Å². The van der Waals surface area contributed by atoms with Crippen LogP contribution in [0.2, 0.25) is 0 Å². The predicted octanol–water partition coefficient (Wildman–Crippen LogP) is 0.0708. The van der Waals surface area contributed by atoms with Crippen LogP contribution in [-0.4, -0.2) is 153 Å². The van der Waals surface area contributed by atoms with Gasteiger partial charge in [0.2, 0.25) is 17.8 Å². The summed E-state index contributed by atoms with van der Waals surface area (Å²) in [5, 5.41) is 50.2. The van der Waals surface area contributed by atoms with Crippen molar-refractivity contribution in [1.82, 2.24) is 45.5 Å². The van der Waals surface area contributed by atoms with Crippen LogP contribution in [0.3, 0.4) is 0 Å². The maximum absolute atomic E-state index is 13.2. The first-order chi connectivity index (χ1) is 32.1. The quantitative estimate of drug-likeness (QED) is 0.146. The Kier molecular flexibility index (Phi) is 21.3. The predicted molar refractivity (Wildman–Crippen MR) is 249 cm³/mol. The summed E-state index contributed by atoms with van der Waals surface area (Å²) in [5.41, 5.74) is 8.49. The standard InChI is InChI=1S/C24H33FN6O2.C16H17FN4O3.C8H18N2.Na/c1-30(2)20-9-7-19(8-10-20)27-23(33)22(32)17-11-13-31(14-12-17)24-28-21(15-26-29-24)16-3-5-18(25)6-4-16;17-12-3-1-10(2-4-12)13-9-18-20-16(19-13)21-7-5-11(6-8-21)14(22)15(23)24;1-10(2)8-5-3-7(9)4-6-8;/h3-6,15,17,19-20,22,32H,7-14H2,1-2H3,(H,27,33);1-4,9,11,14,22H,5-8H2,(H,23,24);7-8H,3-6,9H2,1-2H3;/q;;;+1/p-1. The Morgan fingerprint density at radius 3 is 1.41 bits per heavy atom. The van der Waals surface area contributed by atoms with Gasteiger partial charge in [0.15, 0.2) is 0 Å². The number of nitrogens with zero attached hydrogens (tertiary/aromatic N) is 10. The first-order valence-electron chi connectivity index (χ1n) is 23.5. The second-order valence-corrected chi connectivity index (χ2v) is 18.7. The van der Waals surface area contributed by atoms with Crippen LogP contribution < -0.4 is 55.5 Å². The zero-order valence-corrected chi connectivity index (χ0v) is 42.1. The molecule has 0 radical (unpaired) electrons. The Bertz CT molecular complexity index is 2150. The number of aliphatic hydroxyl groups excluding tert-OH is 2. The van der Waals surface area contributed by atoms with Crippen molar-refractivity contribution < 1.29 is 63.2 Å². The number of amides is 1. The van der Waals surface area contributed by atoms with E-state index in [4.69, 9.17) is 5.73 Å². The van der Waals surface area contributed by atoms with Gasteiger partial charge in [-0.1, -0.05) is 0 Å². The molecule has 68 heavy (non-hydrogen) atoms. The van der Waals surface area contributed by atoms with Gasteiger partial charge in [-0.25, -0.2) is 18.7 Å². The van der Waals surface area contributed by atoms with Gasteiger partial charge in [0.05, 0.1) is 35.9 Å². The number of carbonyl (C=O) groups is 2. The molecule has 2 aliphatic carbocycles. The van der Waals surface area contributed by atoms with Gasteiger partial charge >= 0.3 is 29.6 Å². The molecule has 0 spiro atoms. The van der Waals surface area contributed by atoms with Gasteiger partial charge < -0.3 is 50.8 Å². The molecule has 5 N–H and O–H groups in total. The summed E-state index contributed by atoms with van der Waals surface area (Å²) in [6, 6.07) is 14.0. The number of halogens is 2. The average Bonchev–Trinajstić information content (AvgIpc) is 3.35. The number of carboxylic acids is 1. The third kappa shape index (κ3) is 15.8. The molecule has 2 aliphatic heterocycles. The van der Waals surface area contributed by atoms with Gasteiger partial charge in [0.1, 0.15) is 17.7 Å². The Balaban J connectivity index is 0.000000215. The van der Waals surface area contributed by atoms with Crippen LogP contribution in [0, 0.1) is 23.5 Å². The number of aliphatic carboxylic acids is 1. The molecular weight excluding hydrogens is 886 g/mol. The molecule has 2 saturated carbocycles. The van der Waals surface area contributed by atoms with Crippen LogP contribution in [-0.2, 0) is 9.59 Å². The molecule has 2 saturated heterocycles. The molecule has 4 fully saturated rings. The monoisotopic (exact) mass is 953 g/mol. The number of nitrogens with two attached hydrogens (primary N) is 1. The number of nitrogens with one attached hydrogen (secondary N) is 1. The summed E-state index contributed by atoms with van der Waals surface area (Å²) >= 11 is 0. The summed E-state index contributed by atoms with van der Waals surface area (Å²) in [7, 11) is 8.50. The van der Waals surface area contributed by atoms with Gasteiger partial charge in [0, 0.05) is 61.5 Å². The zero-order chi connectivity index (χ0) is 48.0. The summed E-state index contributed by atoms with van der Waals surface area (Å²) in [5.74, 6) is -1.80. The minimum Gasteiger partial charge on any atom is -0.547 e. The summed E-state index contributed by atoms with van der Waals surface area (Å²) in [4.78, 5) is 40.9. The number of aliphatic hydroxyl groups is 2. The number of benzene rings is 2. The number of hydrogen-bond donors (Lipinski definition) is 4. The molecule has 0 bridgehead atoms. The van der Waals surface area contributed by atoms with Crippen molar-refractivity contribution in [2.45, 2.75) is 113 Å². The maximum Gasteiger partial charge on any atom is 1.00 e. The van der Waals surface area contributed by atoms with Gasteiger partial charge in [-0.15, -0.1) is 10.2 Å². The molecule has 17 nitrogen and oxygen atoms in total. The topological polar surface area (TPSA) is 226 Å². The number of aromatic nitrogens is 6. The second kappa shape index (κ2) is 26.6. The molecular formula is C48H67F2N12NaO5. The molecule has 364 valence electrons. The van der Waals surface area contributed by atoms with Crippen molar-refractivity contribution >= 4 is 23.8 Å². The smallest absolute Gasteiger partial charge is 0.547 e. The molecule has 4 heterocycles. The minimum absolute atomic E-state index is 0. The van der Waals surface area contributed by atoms with Crippen LogP contribution in [0.4, 0.5) is 20.7 Å². The van der Waals surface area contributed by atoms with Gasteiger partial charge in [0.25, 0.3) is 0 Å². The number of carbonyl (C=O) groups excluding carboxylic acids is 2. The van der Waals surface area contributed by atoms with Crippen LogP contribution in [0.1, 0.15) is 77.0 Å². The molecule has 1 amide bonds. The van der Waals surface area contributed by atoms with Gasteiger partial charge in [-0.2, -0.15) is 10.2 Å². The molecule has 20 heteroatoms. The molecule has 2 aromatic heterocycles. The van der Waals surface area contributed by atoms with Crippen molar-refractivity contribution in [1.29, 1.82) is 0 Å². The molecule has 2 aromatic carbocycles. The van der Waals surface area contributed by atoms with E-state index in [-0.39, 0.29) is 65.0 Å². The van der Waals surface area contributed by atoms with E-state index < -0.39 is 18.2 Å². The van der Waals surface area contributed by atoms with Crippen molar-refractivity contribution in [2.24, 2.45) is 17.6 Å². The molecule has 2 atom stereocenters. The average molecular weight is 953 g/mol. The number of carboxylic acid groups (broad SMARTS) is 1. The summed E-state index contributed by atoms with van der Waals surface area (Å²) in [6.07, 6.45) is 12.0. The van der Waals surface area contributed by atoms with Crippen molar-refractivity contribution in [3.05, 3.63) is 72.6 Å². The normalized spacial score (nSPS) is 22.2. The van der Waals surface area contributed by atoms with Gasteiger partial charge in [-0.3, -0.25) is 4.79 Å². The number of piperidine rings is 2. The third-order valence-electron chi connectivity index (χ3n) is 13.7. The second-order valence-electron chi connectivity index (χ2n) is 18.7. The van der Waals surface area contributed by atoms with E-state index in [9.17, 15) is 33.7 Å². The van der Waals surface area contributed by atoms with E-state index in [2.05, 4.69) is 73.7 Å². The first kappa shape index (κ1) is 54.6. The molecule has 8 rings (SSSR count). The largest absolute Gasteiger partial charge is 1.00 e. The van der Waals surface area contributed by atoms with E-state index in [1.54, 1.807) is 30.5 Å². The fourth-order valence-electron chi connectivity index (χ4n) is 9.25. The van der Waals surface area contributed by atoms with Gasteiger partial charge in [-0.05, 0) is 166 Å². The fourth-order valence-corrected chi connectivity index (χ4v) is 9.25. The Morgan fingerprint density at radius 2 is 1.03 bits per heavy atom. The number of rotatable bonds is 11. The summed E-state index contributed by atoms with van der Waals surface area (Å²) in [6.45, 7) is 2.31. The van der Waals surface area contributed by atoms with E-state index in [0.29, 0.717) is 87.2 Å². The summed E-state index contributed by atoms with van der Waals surface area (Å²) < 4.78 is 26.2. The zero-order valence-electron chi connectivity index (χ0n) is 40.1. The Hall–Kier alpha value is -4.34.